The number of benzene rings is 3. The van der Waals surface area contributed by atoms with E-state index in [1.807, 2.05) is 0 Å². The van der Waals surface area contributed by atoms with E-state index in [-0.39, 0.29) is 30.4 Å². The number of nitrogens with zero attached hydrogens (tertiary/aromatic N) is 1. The molecule has 1 N–H and O–H groups in total. The molecule has 0 unspecified atom stereocenters. The third-order valence-electron chi connectivity index (χ3n) is 4.51. The Morgan fingerprint density at radius 1 is 0.938 bits per heavy atom. The van der Waals surface area contributed by atoms with Gasteiger partial charge in [-0.1, -0.05) is 18.2 Å². The van der Waals surface area contributed by atoms with Gasteiger partial charge < -0.3 is 5.32 Å². The minimum absolute atomic E-state index is 0.0161. The predicted molar refractivity (Wildman–Crippen MR) is 114 cm³/mol. The monoisotopic (exact) mass is 466 g/mol. The Bertz CT molecular complexity index is 1070. The van der Waals surface area contributed by atoms with Gasteiger partial charge in [-0.3, -0.25) is 4.79 Å². The lowest BCUT2D eigenvalue weighted by molar-refractivity contribution is -0.137. The van der Waals surface area contributed by atoms with Crippen molar-refractivity contribution in [3.63, 3.8) is 0 Å². The van der Waals surface area contributed by atoms with Crippen LogP contribution in [0.15, 0.2) is 71.6 Å². The molecule has 32 heavy (non-hydrogen) atoms. The van der Waals surface area contributed by atoms with Crippen LogP contribution in [-0.2, 0) is 17.5 Å². The second-order valence-corrected chi connectivity index (χ2v) is 8.27. The minimum atomic E-state index is -4.43. The molecule has 3 rings (SSSR count). The highest BCUT2D eigenvalue weighted by atomic mass is 32.2. The fourth-order valence-electron chi connectivity index (χ4n) is 2.90. The Labute approximate surface area is 186 Å². The first kappa shape index (κ1) is 23.7. The summed E-state index contributed by atoms with van der Waals surface area (Å²) in [6.45, 7) is -0.0591. The number of rotatable bonds is 7. The number of alkyl halides is 3. The van der Waals surface area contributed by atoms with Crippen LogP contribution < -0.4 is 5.32 Å². The van der Waals surface area contributed by atoms with Crippen LogP contribution in [0.3, 0.4) is 0 Å². The van der Waals surface area contributed by atoms with Gasteiger partial charge >= 0.3 is 6.18 Å². The second-order valence-electron chi connectivity index (χ2n) is 6.99. The van der Waals surface area contributed by atoms with E-state index < -0.39 is 17.6 Å². The van der Waals surface area contributed by atoms with Crippen LogP contribution in [0.4, 0.5) is 22.0 Å². The maximum absolute atomic E-state index is 14.2. The Morgan fingerprint density at radius 2 is 1.56 bits per heavy atom. The van der Waals surface area contributed by atoms with Crippen molar-refractivity contribution in [2.75, 3.05) is 13.6 Å². The summed E-state index contributed by atoms with van der Waals surface area (Å²) in [5, 5.41) is 2.63. The summed E-state index contributed by atoms with van der Waals surface area (Å²) in [5.41, 5.74) is 0.484. The van der Waals surface area contributed by atoms with Crippen LogP contribution in [0.5, 0.6) is 0 Å². The standard InChI is InChI=1S/C23H19F5N2OS/c1-30(32-20-9-7-19(24)8-10-20)14-22(31)29-13-17-12-16(4-11-21(17)25)15-2-5-18(6-3-15)23(26,27)28/h2-12H,13-14H2,1H3,(H,29,31). The lowest BCUT2D eigenvalue weighted by Gasteiger charge is -2.15. The number of carbonyl (C=O) groups is 1. The molecule has 1 amide bonds. The fourth-order valence-corrected chi connectivity index (χ4v) is 3.70. The minimum Gasteiger partial charge on any atom is -0.351 e. The molecule has 9 heteroatoms. The summed E-state index contributed by atoms with van der Waals surface area (Å²) in [7, 11) is 1.69. The molecule has 0 radical (unpaired) electrons. The molecule has 0 aliphatic rings. The molecule has 0 spiro atoms. The van der Waals surface area contributed by atoms with Crippen LogP contribution in [0.2, 0.25) is 0 Å². The van der Waals surface area contributed by atoms with Gasteiger partial charge in [-0.05, 0) is 78.7 Å². The topological polar surface area (TPSA) is 32.3 Å². The number of halogens is 5. The van der Waals surface area contributed by atoms with Gasteiger partial charge in [-0.2, -0.15) is 13.2 Å². The van der Waals surface area contributed by atoms with Gasteiger partial charge in [0.1, 0.15) is 11.6 Å². The molecule has 0 bridgehead atoms. The average Bonchev–Trinajstić information content (AvgIpc) is 2.74. The summed E-state index contributed by atoms with van der Waals surface area (Å²) in [5.74, 6) is -1.23. The van der Waals surface area contributed by atoms with Crippen LogP contribution >= 0.6 is 11.9 Å². The van der Waals surface area contributed by atoms with Crippen molar-refractivity contribution < 1.29 is 26.7 Å². The Morgan fingerprint density at radius 3 is 2.19 bits per heavy atom. The number of carbonyl (C=O) groups excluding carboxylic acids is 1. The Balaban J connectivity index is 1.60. The Hall–Kier alpha value is -2.91. The van der Waals surface area contributed by atoms with Crippen LogP contribution in [0.1, 0.15) is 11.1 Å². The molecule has 168 valence electrons. The van der Waals surface area contributed by atoms with Gasteiger partial charge in [0.2, 0.25) is 5.91 Å². The van der Waals surface area contributed by atoms with E-state index in [0.29, 0.717) is 11.1 Å². The number of amides is 1. The zero-order valence-electron chi connectivity index (χ0n) is 16.9. The van der Waals surface area contributed by atoms with Crippen molar-refractivity contribution in [3.8, 4) is 11.1 Å². The molecule has 0 heterocycles. The predicted octanol–water partition coefficient (Wildman–Crippen LogP) is 5.91. The van der Waals surface area contributed by atoms with E-state index in [0.717, 1.165) is 17.0 Å². The zero-order chi connectivity index (χ0) is 23.3. The summed E-state index contributed by atoms with van der Waals surface area (Å²) >= 11 is 1.26. The van der Waals surface area contributed by atoms with E-state index in [9.17, 15) is 26.7 Å². The number of likely N-dealkylation sites (N-methyl/N-ethyl adjacent to an activating group) is 1. The molecule has 3 aromatic rings. The van der Waals surface area contributed by atoms with Gasteiger partial charge in [-0.15, -0.1) is 0 Å². The zero-order valence-corrected chi connectivity index (χ0v) is 17.7. The molecule has 3 aromatic carbocycles. The first-order valence-electron chi connectivity index (χ1n) is 9.49. The molecule has 0 aliphatic carbocycles. The van der Waals surface area contributed by atoms with Gasteiger partial charge in [0.25, 0.3) is 0 Å². The van der Waals surface area contributed by atoms with E-state index in [4.69, 9.17) is 0 Å². The average molecular weight is 466 g/mol. The number of hydrogen-bond acceptors (Lipinski definition) is 3. The summed E-state index contributed by atoms with van der Waals surface area (Å²) in [6.07, 6.45) is -4.43. The lowest BCUT2D eigenvalue weighted by Crippen LogP contribution is -2.32. The molecule has 0 saturated heterocycles. The summed E-state index contributed by atoms with van der Waals surface area (Å²) < 4.78 is 67.0. The normalized spacial score (nSPS) is 11.6. The smallest absolute Gasteiger partial charge is 0.351 e. The van der Waals surface area contributed by atoms with Crippen molar-refractivity contribution >= 4 is 17.9 Å². The quantitative estimate of drug-likeness (QED) is 0.347. The van der Waals surface area contributed by atoms with Crippen molar-refractivity contribution in [1.82, 2.24) is 9.62 Å². The molecule has 0 atom stereocenters. The van der Waals surface area contributed by atoms with E-state index in [1.165, 1.54) is 54.4 Å². The third kappa shape index (κ3) is 6.54. The maximum Gasteiger partial charge on any atom is 0.416 e. The molecular weight excluding hydrogens is 447 g/mol. The third-order valence-corrected chi connectivity index (χ3v) is 5.43. The highest BCUT2D eigenvalue weighted by Gasteiger charge is 2.30. The summed E-state index contributed by atoms with van der Waals surface area (Å²) in [6, 6.07) is 14.6. The van der Waals surface area contributed by atoms with Crippen LogP contribution in [-0.4, -0.2) is 23.8 Å². The lowest BCUT2D eigenvalue weighted by atomic mass is 10.0. The molecule has 0 aliphatic heterocycles. The van der Waals surface area contributed by atoms with E-state index in [1.54, 1.807) is 23.5 Å². The number of hydrogen-bond donors (Lipinski definition) is 1. The molecule has 0 fully saturated rings. The SMILES string of the molecule is CN(CC(=O)NCc1cc(-c2ccc(C(F)(F)F)cc2)ccc1F)Sc1ccc(F)cc1. The first-order chi connectivity index (χ1) is 15.1. The van der Waals surface area contributed by atoms with Gasteiger partial charge in [0.05, 0.1) is 12.1 Å². The molecular formula is C23H19F5N2OS. The fraction of sp³-hybridized carbons (Fsp3) is 0.174. The van der Waals surface area contributed by atoms with Gasteiger partial charge in [0.15, 0.2) is 0 Å². The van der Waals surface area contributed by atoms with Crippen molar-refractivity contribution in [3.05, 3.63) is 89.5 Å². The van der Waals surface area contributed by atoms with Crippen LogP contribution in [0, 0.1) is 11.6 Å². The first-order valence-corrected chi connectivity index (χ1v) is 10.3. The molecule has 3 nitrogen and oxygen atoms in total. The number of nitrogens with one attached hydrogen (secondary N) is 1. The highest BCUT2D eigenvalue weighted by molar-refractivity contribution is 7.97. The van der Waals surface area contributed by atoms with E-state index >= 15 is 0 Å². The van der Waals surface area contributed by atoms with Gasteiger partial charge in [-0.25, -0.2) is 13.1 Å². The molecule has 0 saturated carbocycles. The van der Waals surface area contributed by atoms with Crippen molar-refractivity contribution in [2.24, 2.45) is 0 Å². The highest BCUT2D eigenvalue weighted by Crippen LogP contribution is 2.31. The largest absolute Gasteiger partial charge is 0.416 e. The second kappa shape index (κ2) is 10.1. The Kier molecular flexibility index (Phi) is 7.52. The van der Waals surface area contributed by atoms with Crippen molar-refractivity contribution in [2.45, 2.75) is 17.6 Å². The van der Waals surface area contributed by atoms with Crippen molar-refractivity contribution in [1.29, 1.82) is 0 Å². The summed E-state index contributed by atoms with van der Waals surface area (Å²) in [4.78, 5) is 13.0. The van der Waals surface area contributed by atoms with Crippen LogP contribution in [0.25, 0.3) is 11.1 Å². The van der Waals surface area contributed by atoms with E-state index in [2.05, 4.69) is 5.32 Å². The van der Waals surface area contributed by atoms with Gasteiger partial charge in [0, 0.05) is 17.0 Å². The maximum atomic E-state index is 14.2. The molecule has 0 aromatic heterocycles.